The number of rotatable bonds is 3. The third-order valence-electron chi connectivity index (χ3n) is 4.11. The molecule has 2 heterocycles. The predicted octanol–water partition coefficient (Wildman–Crippen LogP) is 2.94. The van der Waals surface area contributed by atoms with E-state index in [1.54, 1.807) is 13.1 Å². The highest BCUT2D eigenvalue weighted by atomic mass is 16.7. The number of hydrogen-bond acceptors (Lipinski definition) is 5. The lowest BCUT2D eigenvalue weighted by Crippen LogP contribution is -2.31. The van der Waals surface area contributed by atoms with Gasteiger partial charge in [-0.15, -0.1) is 0 Å². The number of nitrogens with one attached hydrogen (secondary N) is 2. The Bertz CT molecular complexity index is 990. The Morgan fingerprint density at radius 3 is 3.00 bits per heavy atom. The number of nitrogens with two attached hydrogens (primary N) is 1. The van der Waals surface area contributed by atoms with E-state index in [9.17, 15) is 4.79 Å². The first-order chi connectivity index (χ1) is 13.5. The highest BCUT2D eigenvalue weighted by molar-refractivity contribution is 5.89. The van der Waals surface area contributed by atoms with Crippen LogP contribution < -0.4 is 11.1 Å². The van der Waals surface area contributed by atoms with Gasteiger partial charge >= 0.3 is 6.03 Å². The van der Waals surface area contributed by atoms with Gasteiger partial charge in [-0.05, 0) is 43.9 Å². The smallest absolute Gasteiger partial charge is 0.345 e. The Kier molecular flexibility index (Phi) is 5.77. The van der Waals surface area contributed by atoms with Crippen LogP contribution in [0.4, 0.5) is 16.3 Å². The van der Waals surface area contributed by atoms with Crippen LogP contribution in [0.3, 0.4) is 0 Å². The number of hydroxylamine groups is 2. The lowest BCUT2D eigenvalue weighted by Gasteiger charge is -2.15. The molecule has 0 saturated carbocycles. The first kappa shape index (κ1) is 19.2. The molecule has 3 rings (SSSR count). The van der Waals surface area contributed by atoms with Gasteiger partial charge in [-0.3, -0.25) is 9.94 Å². The number of nitrogens with zero attached hydrogens (tertiary/aromatic N) is 3. The van der Waals surface area contributed by atoms with Gasteiger partial charge < -0.3 is 11.1 Å². The Morgan fingerprint density at radius 1 is 1.50 bits per heavy atom. The number of aliphatic imine (C=N–C) groups is 1. The van der Waals surface area contributed by atoms with Gasteiger partial charge in [0.1, 0.15) is 5.69 Å². The molecular formula is C20H22N6O2. The molecule has 8 nitrogen and oxygen atoms in total. The average molecular weight is 378 g/mol. The minimum atomic E-state index is -0.294. The number of carbonyl (C=O) groups excluding carboxylic acids is 1. The van der Waals surface area contributed by atoms with Gasteiger partial charge in [0.15, 0.2) is 5.82 Å². The van der Waals surface area contributed by atoms with Gasteiger partial charge in [0, 0.05) is 23.2 Å². The van der Waals surface area contributed by atoms with E-state index >= 15 is 0 Å². The quantitative estimate of drug-likeness (QED) is 0.563. The zero-order valence-corrected chi connectivity index (χ0v) is 15.9. The van der Waals surface area contributed by atoms with Crippen molar-refractivity contribution in [3.63, 3.8) is 0 Å². The summed E-state index contributed by atoms with van der Waals surface area (Å²) in [4.78, 5) is 21.6. The summed E-state index contributed by atoms with van der Waals surface area (Å²) in [7, 11) is 0. The Balaban J connectivity index is 1.86. The largest absolute Gasteiger partial charge is 0.399 e. The van der Waals surface area contributed by atoms with Gasteiger partial charge in [0.2, 0.25) is 0 Å². The number of hydrogen-bond donors (Lipinski definition) is 3. The molecule has 2 amide bonds. The molecular weight excluding hydrogens is 356 g/mol. The number of carbonyl (C=O) groups is 1. The minimum absolute atomic E-state index is 0.294. The number of aryl methyl sites for hydroxylation is 1. The fourth-order valence-electron chi connectivity index (χ4n) is 2.70. The standard InChI is InChI=1S/C20H22N6O2/c1-4-22-19-18(14(3)21)17(24-25-19)9-7-15-12-16(8-6-13(15)2)23-20(27)26-10-5-11-28-26/h4,6,8,12H,3,5,10-11,21H2,1-2H3,(H,23,27)(H,24,25). The summed E-state index contributed by atoms with van der Waals surface area (Å²) in [5.41, 5.74) is 9.70. The van der Waals surface area contributed by atoms with Crippen LogP contribution in [-0.4, -0.2) is 40.7 Å². The molecule has 8 heteroatoms. The maximum Gasteiger partial charge on any atom is 0.345 e. The van der Waals surface area contributed by atoms with Crippen molar-refractivity contribution in [1.82, 2.24) is 15.3 Å². The van der Waals surface area contributed by atoms with Crippen LogP contribution in [-0.2, 0) is 4.84 Å². The van der Waals surface area contributed by atoms with Crippen molar-refractivity contribution in [3.8, 4) is 11.8 Å². The second-order valence-corrected chi connectivity index (χ2v) is 6.21. The highest BCUT2D eigenvalue weighted by Gasteiger charge is 2.19. The summed E-state index contributed by atoms with van der Waals surface area (Å²) >= 11 is 0. The van der Waals surface area contributed by atoms with Crippen LogP contribution in [0.15, 0.2) is 29.8 Å². The molecule has 4 N–H and O–H groups in total. The maximum atomic E-state index is 12.2. The number of anilines is 1. The number of H-pyrrole nitrogens is 1. The van der Waals surface area contributed by atoms with Crippen LogP contribution in [0.5, 0.6) is 0 Å². The van der Waals surface area contributed by atoms with Crippen LogP contribution in [0.25, 0.3) is 5.70 Å². The van der Waals surface area contributed by atoms with E-state index < -0.39 is 0 Å². The van der Waals surface area contributed by atoms with Crippen molar-refractivity contribution in [3.05, 3.63) is 47.2 Å². The highest BCUT2D eigenvalue weighted by Crippen LogP contribution is 2.23. The molecule has 1 aliphatic rings. The maximum absolute atomic E-state index is 12.2. The molecule has 1 aromatic carbocycles. The van der Waals surface area contributed by atoms with Crippen LogP contribution in [0.1, 0.15) is 35.7 Å². The Hall–Kier alpha value is -3.57. The third-order valence-corrected chi connectivity index (χ3v) is 4.11. The van der Waals surface area contributed by atoms with E-state index in [0.717, 1.165) is 17.5 Å². The fraction of sp³-hybridized carbons (Fsp3) is 0.250. The summed E-state index contributed by atoms with van der Waals surface area (Å²) in [6.45, 7) is 8.65. The molecule has 1 aromatic heterocycles. The Morgan fingerprint density at radius 2 is 2.32 bits per heavy atom. The van der Waals surface area contributed by atoms with Crippen molar-refractivity contribution < 1.29 is 9.63 Å². The van der Waals surface area contributed by atoms with Gasteiger partial charge in [-0.25, -0.2) is 14.9 Å². The molecule has 1 saturated heterocycles. The van der Waals surface area contributed by atoms with E-state index in [0.29, 0.717) is 41.6 Å². The van der Waals surface area contributed by atoms with Crippen LogP contribution in [0.2, 0.25) is 0 Å². The molecule has 0 atom stereocenters. The summed E-state index contributed by atoms with van der Waals surface area (Å²) in [5.74, 6) is 6.58. The summed E-state index contributed by atoms with van der Waals surface area (Å²) in [5, 5.41) is 11.1. The van der Waals surface area contributed by atoms with E-state index in [4.69, 9.17) is 10.6 Å². The van der Waals surface area contributed by atoms with E-state index in [1.165, 1.54) is 5.06 Å². The zero-order chi connectivity index (χ0) is 20.1. The number of aromatic nitrogens is 2. The first-order valence-electron chi connectivity index (χ1n) is 8.85. The van der Waals surface area contributed by atoms with Crippen molar-refractivity contribution in [2.45, 2.75) is 20.3 Å². The van der Waals surface area contributed by atoms with Gasteiger partial charge in [0.05, 0.1) is 18.7 Å². The number of aromatic amines is 1. The molecule has 0 unspecified atom stereocenters. The molecule has 0 aliphatic carbocycles. The molecule has 0 radical (unpaired) electrons. The fourth-order valence-corrected chi connectivity index (χ4v) is 2.70. The number of urea groups is 1. The third kappa shape index (κ3) is 4.22. The Labute approximate surface area is 163 Å². The van der Waals surface area contributed by atoms with Crippen molar-refractivity contribution in [2.75, 3.05) is 18.5 Å². The second-order valence-electron chi connectivity index (χ2n) is 6.21. The molecule has 0 spiro atoms. The van der Waals surface area contributed by atoms with Crippen molar-refractivity contribution >= 4 is 29.4 Å². The molecule has 0 bridgehead atoms. The SMILES string of the molecule is C=C(N)c1c(N=CC)n[nH]c1C#Cc1cc(NC(=O)N2CCCO2)ccc1C. The number of benzene rings is 1. The van der Waals surface area contributed by atoms with Crippen LogP contribution in [0, 0.1) is 18.8 Å². The minimum Gasteiger partial charge on any atom is -0.399 e. The van der Waals surface area contributed by atoms with Crippen LogP contribution >= 0.6 is 0 Å². The molecule has 2 aromatic rings. The lowest BCUT2D eigenvalue weighted by atomic mass is 10.1. The molecule has 1 aliphatic heterocycles. The zero-order valence-electron chi connectivity index (χ0n) is 15.9. The van der Waals surface area contributed by atoms with E-state index in [-0.39, 0.29) is 6.03 Å². The summed E-state index contributed by atoms with van der Waals surface area (Å²) in [6, 6.07) is 5.24. The lowest BCUT2D eigenvalue weighted by molar-refractivity contribution is -0.0614. The molecule has 1 fully saturated rings. The second kappa shape index (κ2) is 8.41. The molecule has 28 heavy (non-hydrogen) atoms. The number of amides is 2. The van der Waals surface area contributed by atoms with Gasteiger partial charge in [0.25, 0.3) is 0 Å². The summed E-state index contributed by atoms with van der Waals surface area (Å²) in [6.07, 6.45) is 2.46. The normalized spacial score (nSPS) is 13.4. The average Bonchev–Trinajstić information content (AvgIpc) is 3.32. The summed E-state index contributed by atoms with van der Waals surface area (Å²) < 4.78 is 0. The van der Waals surface area contributed by atoms with E-state index in [2.05, 4.69) is 38.9 Å². The predicted molar refractivity (Wildman–Crippen MR) is 109 cm³/mol. The van der Waals surface area contributed by atoms with E-state index in [1.807, 2.05) is 25.1 Å². The monoisotopic (exact) mass is 378 g/mol. The van der Waals surface area contributed by atoms with Gasteiger partial charge in [-0.2, -0.15) is 5.10 Å². The molecule has 144 valence electrons. The van der Waals surface area contributed by atoms with Crippen molar-refractivity contribution in [1.29, 1.82) is 0 Å². The van der Waals surface area contributed by atoms with Crippen molar-refractivity contribution in [2.24, 2.45) is 10.7 Å². The topological polar surface area (TPSA) is 109 Å². The van der Waals surface area contributed by atoms with Gasteiger partial charge in [-0.1, -0.05) is 18.6 Å². The first-order valence-corrected chi connectivity index (χ1v) is 8.85.